The minimum absolute atomic E-state index is 0.895. The van der Waals surface area contributed by atoms with Crippen molar-refractivity contribution < 1.29 is 0 Å². The summed E-state index contributed by atoms with van der Waals surface area (Å²) in [6.07, 6.45) is 4.62. The summed E-state index contributed by atoms with van der Waals surface area (Å²) in [6.45, 7) is 3.01. The Morgan fingerprint density at radius 2 is 2.50 bits per heavy atom. The van der Waals surface area contributed by atoms with Gasteiger partial charge in [0.15, 0.2) is 0 Å². The Hall–Kier alpha value is -1.05. The molecule has 0 bridgehead atoms. The van der Waals surface area contributed by atoms with Gasteiger partial charge in [0, 0.05) is 12.7 Å². The first-order valence-corrected chi connectivity index (χ1v) is 3.51. The third-order valence-electron chi connectivity index (χ3n) is 1.16. The highest BCUT2D eigenvalue weighted by atomic mass is 14.9. The predicted octanol–water partition coefficient (Wildman–Crippen LogP) is 1.73. The van der Waals surface area contributed by atoms with Gasteiger partial charge in [-0.3, -0.25) is 10.3 Å². The van der Waals surface area contributed by atoms with Crippen LogP contribution in [0, 0.1) is 0 Å². The van der Waals surface area contributed by atoms with Gasteiger partial charge in [-0.15, -0.1) is 0 Å². The third-order valence-corrected chi connectivity index (χ3v) is 1.16. The molecule has 0 spiro atoms. The Morgan fingerprint density at radius 1 is 1.60 bits per heavy atom. The van der Waals surface area contributed by atoms with Crippen LogP contribution in [0.15, 0.2) is 24.5 Å². The SMILES string of the molecule is CCC[N]c1cccnc1. The van der Waals surface area contributed by atoms with Gasteiger partial charge < -0.3 is 0 Å². The molecule has 0 saturated heterocycles. The molecule has 0 aromatic carbocycles. The monoisotopic (exact) mass is 135 g/mol. The lowest BCUT2D eigenvalue weighted by Crippen LogP contribution is -1.97. The fraction of sp³-hybridized carbons (Fsp3) is 0.375. The van der Waals surface area contributed by atoms with E-state index < -0.39 is 0 Å². The highest BCUT2D eigenvalue weighted by Gasteiger charge is 1.87. The van der Waals surface area contributed by atoms with E-state index in [4.69, 9.17) is 0 Å². The third kappa shape index (κ3) is 2.05. The van der Waals surface area contributed by atoms with Crippen LogP contribution >= 0.6 is 0 Å². The van der Waals surface area contributed by atoms with Crippen molar-refractivity contribution in [3.63, 3.8) is 0 Å². The summed E-state index contributed by atoms with van der Waals surface area (Å²) in [5.41, 5.74) is 0.976. The molecule has 1 aromatic heterocycles. The first-order chi connectivity index (χ1) is 4.93. The van der Waals surface area contributed by atoms with Gasteiger partial charge in [-0.1, -0.05) is 6.92 Å². The maximum atomic E-state index is 4.26. The van der Waals surface area contributed by atoms with Crippen LogP contribution in [0.25, 0.3) is 0 Å². The number of hydrogen-bond donors (Lipinski definition) is 0. The van der Waals surface area contributed by atoms with Gasteiger partial charge in [-0.2, -0.15) is 0 Å². The van der Waals surface area contributed by atoms with Crippen LogP contribution in [-0.2, 0) is 0 Å². The number of nitrogens with zero attached hydrogens (tertiary/aromatic N) is 2. The van der Waals surface area contributed by atoms with Crippen molar-refractivity contribution in [2.45, 2.75) is 13.3 Å². The summed E-state index contributed by atoms with van der Waals surface area (Å²) in [5.74, 6) is 0. The molecule has 0 N–H and O–H groups in total. The summed E-state index contributed by atoms with van der Waals surface area (Å²) < 4.78 is 0. The van der Waals surface area contributed by atoms with Crippen LogP contribution in [0.3, 0.4) is 0 Å². The lowest BCUT2D eigenvalue weighted by atomic mass is 10.4. The first-order valence-electron chi connectivity index (χ1n) is 3.51. The number of pyridine rings is 1. The Kier molecular flexibility index (Phi) is 2.74. The standard InChI is InChI=1S/C8H11N2/c1-2-5-10-8-4-3-6-9-7-8/h3-4,6-7H,2,5H2,1H3. The maximum Gasteiger partial charge on any atom is 0.0757 e. The van der Waals surface area contributed by atoms with Gasteiger partial charge in [-0.25, -0.2) is 0 Å². The van der Waals surface area contributed by atoms with E-state index in [-0.39, 0.29) is 0 Å². The first kappa shape index (κ1) is 7.06. The van der Waals surface area contributed by atoms with E-state index in [2.05, 4.69) is 17.2 Å². The van der Waals surface area contributed by atoms with Crippen LogP contribution < -0.4 is 5.32 Å². The second-order valence-electron chi connectivity index (χ2n) is 2.09. The van der Waals surface area contributed by atoms with Crippen molar-refractivity contribution in [1.82, 2.24) is 10.3 Å². The predicted molar refractivity (Wildman–Crippen MR) is 41.2 cm³/mol. The van der Waals surface area contributed by atoms with Gasteiger partial charge in [0.2, 0.25) is 0 Å². The van der Waals surface area contributed by atoms with Gasteiger partial charge in [0.1, 0.15) is 0 Å². The topological polar surface area (TPSA) is 27.0 Å². The molecular weight excluding hydrogens is 124 g/mol. The Bertz CT molecular complexity index is 172. The molecule has 0 amide bonds. The van der Waals surface area contributed by atoms with Gasteiger partial charge in [0.05, 0.1) is 11.9 Å². The average molecular weight is 135 g/mol. The molecule has 0 fully saturated rings. The van der Waals surface area contributed by atoms with E-state index in [9.17, 15) is 0 Å². The summed E-state index contributed by atoms with van der Waals surface area (Å²) in [4.78, 5) is 3.94. The van der Waals surface area contributed by atoms with Gasteiger partial charge in [0.25, 0.3) is 0 Å². The molecule has 0 unspecified atom stereocenters. The van der Waals surface area contributed by atoms with Crippen molar-refractivity contribution in [3.05, 3.63) is 24.5 Å². The summed E-state index contributed by atoms with van der Waals surface area (Å²) in [7, 11) is 0. The lowest BCUT2D eigenvalue weighted by Gasteiger charge is -1.97. The van der Waals surface area contributed by atoms with Crippen molar-refractivity contribution in [3.8, 4) is 0 Å². The largest absolute Gasteiger partial charge is 0.284 e. The average Bonchev–Trinajstić information content (AvgIpc) is 2.03. The molecule has 0 aliphatic rings. The van der Waals surface area contributed by atoms with Crippen LogP contribution in [0.5, 0.6) is 0 Å². The van der Waals surface area contributed by atoms with Crippen molar-refractivity contribution in [2.24, 2.45) is 0 Å². The van der Waals surface area contributed by atoms with Crippen molar-refractivity contribution in [2.75, 3.05) is 6.54 Å². The van der Waals surface area contributed by atoms with E-state index in [1.807, 2.05) is 12.1 Å². The smallest absolute Gasteiger partial charge is 0.0757 e. The summed E-state index contributed by atoms with van der Waals surface area (Å²) >= 11 is 0. The fourth-order valence-electron chi connectivity index (χ4n) is 0.688. The zero-order valence-electron chi connectivity index (χ0n) is 6.12. The van der Waals surface area contributed by atoms with Crippen LogP contribution in [-0.4, -0.2) is 11.5 Å². The highest BCUT2D eigenvalue weighted by Crippen LogP contribution is 2.01. The molecule has 2 heteroatoms. The minimum atomic E-state index is 0.895. The molecule has 1 rings (SSSR count). The molecule has 53 valence electrons. The molecule has 1 heterocycles. The second-order valence-corrected chi connectivity index (χ2v) is 2.09. The second kappa shape index (κ2) is 3.88. The Morgan fingerprint density at radius 3 is 3.10 bits per heavy atom. The van der Waals surface area contributed by atoms with E-state index in [0.717, 1.165) is 18.7 Å². The number of hydrogen-bond acceptors (Lipinski definition) is 1. The molecule has 10 heavy (non-hydrogen) atoms. The molecule has 1 radical (unpaired) electrons. The molecule has 0 aliphatic carbocycles. The molecule has 0 aliphatic heterocycles. The molecular formula is C8H11N2. The van der Waals surface area contributed by atoms with E-state index in [0.29, 0.717) is 0 Å². The molecule has 0 saturated carbocycles. The maximum absolute atomic E-state index is 4.26. The van der Waals surface area contributed by atoms with Crippen LogP contribution in [0.2, 0.25) is 0 Å². The zero-order chi connectivity index (χ0) is 7.23. The number of rotatable bonds is 3. The van der Waals surface area contributed by atoms with E-state index >= 15 is 0 Å². The van der Waals surface area contributed by atoms with Crippen LogP contribution in [0.1, 0.15) is 13.3 Å². The van der Waals surface area contributed by atoms with E-state index in [1.165, 1.54) is 0 Å². The van der Waals surface area contributed by atoms with Gasteiger partial charge >= 0.3 is 0 Å². The normalized spacial score (nSPS) is 9.30. The quantitative estimate of drug-likeness (QED) is 0.620. The number of aromatic nitrogens is 1. The zero-order valence-corrected chi connectivity index (χ0v) is 6.12. The molecule has 0 atom stereocenters. The van der Waals surface area contributed by atoms with E-state index in [1.54, 1.807) is 12.4 Å². The summed E-state index contributed by atoms with van der Waals surface area (Å²) in [5, 5.41) is 4.26. The lowest BCUT2D eigenvalue weighted by molar-refractivity contribution is 0.802. The van der Waals surface area contributed by atoms with Crippen LogP contribution in [0.4, 0.5) is 5.69 Å². The summed E-state index contributed by atoms with van der Waals surface area (Å²) in [6, 6.07) is 3.86. The molecule has 2 nitrogen and oxygen atoms in total. The minimum Gasteiger partial charge on any atom is -0.284 e. The highest BCUT2D eigenvalue weighted by molar-refractivity contribution is 5.30. The molecule has 1 aromatic rings. The Labute approximate surface area is 61.3 Å². The Balaban J connectivity index is 2.43. The van der Waals surface area contributed by atoms with Crippen molar-refractivity contribution in [1.29, 1.82) is 0 Å². The van der Waals surface area contributed by atoms with Gasteiger partial charge in [-0.05, 0) is 18.6 Å². The van der Waals surface area contributed by atoms with Crippen molar-refractivity contribution >= 4 is 5.69 Å². The fourth-order valence-corrected chi connectivity index (χ4v) is 0.688.